The maximum atomic E-state index is 11.9. The first kappa shape index (κ1) is 13.6. The maximum Gasteiger partial charge on any atom is 0.247 e. The summed E-state index contributed by atoms with van der Waals surface area (Å²) < 4.78 is 5.66. The van der Waals surface area contributed by atoms with Crippen LogP contribution in [0.5, 0.6) is 0 Å². The number of morpholine rings is 1. The van der Waals surface area contributed by atoms with Gasteiger partial charge < -0.3 is 10.1 Å². The minimum absolute atomic E-state index is 0.00827. The first-order valence-corrected chi connectivity index (χ1v) is 6.88. The molecule has 0 aromatic rings. The van der Waals surface area contributed by atoms with Crippen molar-refractivity contribution < 1.29 is 9.53 Å². The third-order valence-electron chi connectivity index (χ3n) is 3.69. The average molecular weight is 252 g/mol. The van der Waals surface area contributed by atoms with E-state index in [4.69, 9.17) is 4.74 Å². The second-order valence-electron chi connectivity index (χ2n) is 5.82. The SMILES string of the molecule is C=C(CN1CC2CCC1CO2)C(=O)NCC(C)C. The molecule has 3 saturated heterocycles. The molecule has 0 aliphatic carbocycles. The third kappa shape index (κ3) is 3.33. The predicted octanol–water partition coefficient (Wildman–Crippen LogP) is 1.18. The van der Waals surface area contributed by atoms with Crippen molar-refractivity contribution in [2.45, 2.75) is 38.8 Å². The van der Waals surface area contributed by atoms with Crippen LogP contribution in [0.2, 0.25) is 0 Å². The normalized spacial score (nSPS) is 27.5. The van der Waals surface area contributed by atoms with Gasteiger partial charge in [0.1, 0.15) is 0 Å². The van der Waals surface area contributed by atoms with E-state index in [1.165, 1.54) is 6.42 Å². The standard InChI is InChI=1S/C14H24N2O2/c1-10(2)6-15-14(17)11(3)7-16-8-13-5-4-12(16)9-18-13/h10,12-13H,3-9H2,1-2H3,(H,15,17). The van der Waals surface area contributed by atoms with Crippen molar-refractivity contribution in [2.75, 3.05) is 26.2 Å². The van der Waals surface area contributed by atoms with Crippen LogP contribution in [-0.4, -0.2) is 49.2 Å². The Labute approximate surface area is 109 Å². The molecule has 4 heteroatoms. The van der Waals surface area contributed by atoms with Gasteiger partial charge in [0.2, 0.25) is 5.91 Å². The van der Waals surface area contributed by atoms with Crippen LogP contribution in [0, 0.1) is 5.92 Å². The van der Waals surface area contributed by atoms with Crippen LogP contribution in [0.1, 0.15) is 26.7 Å². The van der Waals surface area contributed by atoms with Gasteiger partial charge in [-0.3, -0.25) is 9.69 Å². The van der Waals surface area contributed by atoms with Gasteiger partial charge in [0.25, 0.3) is 0 Å². The van der Waals surface area contributed by atoms with Crippen molar-refractivity contribution in [1.29, 1.82) is 0 Å². The molecular weight excluding hydrogens is 228 g/mol. The van der Waals surface area contributed by atoms with Crippen molar-refractivity contribution >= 4 is 5.91 Å². The van der Waals surface area contributed by atoms with E-state index in [0.717, 1.165) is 19.6 Å². The highest BCUT2D eigenvalue weighted by Gasteiger charge is 2.34. The largest absolute Gasteiger partial charge is 0.375 e. The van der Waals surface area contributed by atoms with Crippen LogP contribution < -0.4 is 5.32 Å². The molecule has 2 bridgehead atoms. The van der Waals surface area contributed by atoms with Crippen molar-refractivity contribution in [3.05, 3.63) is 12.2 Å². The van der Waals surface area contributed by atoms with Crippen molar-refractivity contribution in [1.82, 2.24) is 10.2 Å². The summed E-state index contributed by atoms with van der Waals surface area (Å²) >= 11 is 0. The van der Waals surface area contributed by atoms with E-state index in [2.05, 4.69) is 30.6 Å². The molecule has 0 saturated carbocycles. The number of carbonyl (C=O) groups excluding carboxylic acids is 1. The number of nitrogens with one attached hydrogen (secondary N) is 1. The van der Waals surface area contributed by atoms with Crippen molar-refractivity contribution in [3.63, 3.8) is 0 Å². The number of ether oxygens (including phenoxy) is 1. The number of piperidine rings is 1. The summed E-state index contributed by atoms with van der Waals surface area (Å²) in [5.41, 5.74) is 0.670. The lowest BCUT2D eigenvalue weighted by atomic mass is 9.96. The Balaban J connectivity index is 1.78. The van der Waals surface area contributed by atoms with Gasteiger partial charge in [-0.25, -0.2) is 0 Å². The highest BCUT2D eigenvalue weighted by Crippen LogP contribution is 2.26. The summed E-state index contributed by atoms with van der Waals surface area (Å²) in [6.45, 7) is 11.2. The highest BCUT2D eigenvalue weighted by atomic mass is 16.5. The fourth-order valence-corrected chi connectivity index (χ4v) is 2.57. The van der Waals surface area contributed by atoms with Crippen LogP contribution >= 0.6 is 0 Å². The molecular formula is C14H24N2O2. The van der Waals surface area contributed by atoms with Gasteiger partial charge in [-0.2, -0.15) is 0 Å². The highest BCUT2D eigenvalue weighted by molar-refractivity contribution is 5.93. The molecule has 3 fully saturated rings. The minimum atomic E-state index is -0.00827. The molecule has 1 N–H and O–H groups in total. The molecule has 102 valence electrons. The summed E-state index contributed by atoms with van der Waals surface area (Å²) in [6, 6.07) is 0.477. The van der Waals surface area contributed by atoms with Crippen LogP contribution in [0.3, 0.4) is 0 Å². The minimum Gasteiger partial charge on any atom is -0.375 e. The number of carbonyl (C=O) groups is 1. The van der Waals surface area contributed by atoms with Crippen LogP contribution in [0.4, 0.5) is 0 Å². The Morgan fingerprint density at radius 3 is 2.78 bits per heavy atom. The zero-order chi connectivity index (χ0) is 13.1. The fraction of sp³-hybridized carbons (Fsp3) is 0.786. The zero-order valence-electron chi connectivity index (χ0n) is 11.4. The van der Waals surface area contributed by atoms with Crippen LogP contribution in [0.15, 0.2) is 12.2 Å². The number of fused-ring (bicyclic) bond motifs is 3. The number of nitrogens with zero attached hydrogens (tertiary/aromatic N) is 1. The Kier molecular flexibility index (Phi) is 4.40. The van der Waals surface area contributed by atoms with Crippen LogP contribution in [-0.2, 0) is 9.53 Å². The molecule has 3 heterocycles. The lowest BCUT2D eigenvalue weighted by Gasteiger charge is -2.45. The molecule has 3 aliphatic rings. The molecule has 0 spiro atoms. The molecule has 3 aliphatic heterocycles. The average Bonchev–Trinajstić information content (AvgIpc) is 2.37. The molecule has 0 radical (unpaired) electrons. The first-order chi connectivity index (χ1) is 8.56. The number of rotatable bonds is 5. The van der Waals surface area contributed by atoms with E-state index in [0.29, 0.717) is 36.7 Å². The summed E-state index contributed by atoms with van der Waals surface area (Å²) in [5.74, 6) is 0.465. The van der Waals surface area contributed by atoms with Gasteiger partial charge >= 0.3 is 0 Å². The predicted molar refractivity (Wildman–Crippen MR) is 71.3 cm³/mol. The molecule has 2 atom stereocenters. The smallest absolute Gasteiger partial charge is 0.247 e. The Morgan fingerprint density at radius 2 is 2.28 bits per heavy atom. The van der Waals surface area contributed by atoms with Crippen molar-refractivity contribution in [2.24, 2.45) is 5.92 Å². The fourth-order valence-electron chi connectivity index (χ4n) is 2.57. The lowest BCUT2D eigenvalue weighted by Crippen LogP contribution is -2.55. The Morgan fingerprint density at radius 1 is 1.50 bits per heavy atom. The van der Waals surface area contributed by atoms with Crippen LogP contribution in [0.25, 0.3) is 0 Å². The van der Waals surface area contributed by atoms with E-state index in [9.17, 15) is 4.79 Å². The topological polar surface area (TPSA) is 41.6 Å². The van der Waals surface area contributed by atoms with E-state index < -0.39 is 0 Å². The Hall–Kier alpha value is -0.870. The number of amides is 1. The van der Waals surface area contributed by atoms with E-state index in [1.807, 2.05) is 0 Å². The maximum absolute atomic E-state index is 11.9. The van der Waals surface area contributed by atoms with Gasteiger partial charge in [-0.05, 0) is 18.8 Å². The monoisotopic (exact) mass is 252 g/mol. The lowest BCUT2D eigenvalue weighted by molar-refractivity contribution is -0.120. The van der Waals surface area contributed by atoms with Gasteiger partial charge in [-0.1, -0.05) is 20.4 Å². The quantitative estimate of drug-likeness (QED) is 0.747. The number of hydrogen-bond acceptors (Lipinski definition) is 3. The molecule has 1 amide bonds. The van der Waals surface area contributed by atoms with Gasteiger partial charge in [0, 0.05) is 31.2 Å². The summed E-state index contributed by atoms with van der Waals surface area (Å²) in [4.78, 5) is 14.2. The zero-order valence-corrected chi connectivity index (χ0v) is 11.4. The summed E-state index contributed by atoms with van der Waals surface area (Å²) in [7, 11) is 0. The van der Waals surface area contributed by atoms with Gasteiger partial charge in [-0.15, -0.1) is 0 Å². The van der Waals surface area contributed by atoms with E-state index >= 15 is 0 Å². The summed E-state index contributed by atoms with van der Waals surface area (Å²) in [6.07, 6.45) is 2.71. The second kappa shape index (κ2) is 5.85. The summed E-state index contributed by atoms with van der Waals surface area (Å²) in [5, 5.41) is 2.92. The van der Waals surface area contributed by atoms with Crippen molar-refractivity contribution in [3.8, 4) is 0 Å². The third-order valence-corrected chi connectivity index (χ3v) is 3.69. The molecule has 4 nitrogen and oxygen atoms in total. The van der Waals surface area contributed by atoms with Gasteiger partial charge in [0.05, 0.1) is 12.7 Å². The molecule has 3 rings (SSSR count). The van der Waals surface area contributed by atoms with E-state index in [1.54, 1.807) is 0 Å². The molecule has 0 aromatic heterocycles. The van der Waals surface area contributed by atoms with E-state index in [-0.39, 0.29) is 5.91 Å². The molecule has 18 heavy (non-hydrogen) atoms. The molecule has 0 aromatic carbocycles. The number of hydrogen-bond donors (Lipinski definition) is 1. The Bertz CT molecular complexity index is 320. The van der Waals surface area contributed by atoms with Gasteiger partial charge in [0.15, 0.2) is 0 Å². The molecule has 2 unspecified atom stereocenters. The first-order valence-electron chi connectivity index (χ1n) is 6.88. The second-order valence-corrected chi connectivity index (χ2v) is 5.82.